The molecule has 0 aliphatic carbocycles. The molecule has 0 bridgehead atoms. The van der Waals surface area contributed by atoms with E-state index < -0.39 is 10.3 Å². The Bertz CT molecular complexity index is 359. The fraction of sp³-hybridized carbons (Fsp3) is 0.200. The summed E-state index contributed by atoms with van der Waals surface area (Å²) < 4.78 is 26.0. The minimum Gasteiger partial charge on any atom is -0.253 e. The largest absolute Gasteiger partial charge is 0.333 e. The molecule has 1 aromatic rings. The topological polar surface area (TPSA) is 69.4 Å². The number of halogens is 1. The number of hydrogen-bond donors (Lipinski definition) is 1. The van der Waals surface area contributed by atoms with E-state index in [0.29, 0.717) is 0 Å². The number of nitrogens with two attached hydrogens (primary N) is 1. The molecule has 7 heteroatoms. The van der Waals surface area contributed by atoms with Crippen molar-refractivity contribution >= 4 is 37.6 Å². The lowest BCUT2D eigenvalue weighted by atomic mass is 10.4. The van der Waals surface area contributed by atoms with Crippen molar-refractivity contribution in [2.24, 2.45) is 5.14 Å². The maximum atomic E-state index is 10.4. The first-order valence-corrected chi connectivity index (χ1v) is 6.02. The summed E-state index contributed by atoms with van der Waals surface area (Å²) in [5, 5.41) is 6.42. The highest BCUT2D eigenvalue weighted by Crippen LogP contribution is 2.21. The molecule has 0 saturated carbocycles. The molecule has 0 saturated heterocycles. The van der Waals surface area contributed by atoms with Crippen LogP contribution in [0.25, 0.3) is 0 Å². The first-order valence-electron chi connectivity index (χ1n) is 2.87. The van der Waals surface area contributed by atoms with Crippen LogP contribution in [0.2, 0.25) is 0 Å². The van der Waals surface area contributed by atoms with Crippen molar-refractivity contribution in [1.82, 2.24) is 0 Å². The summed E-state index contributed by atoms with van der Waals surface area (Å²) in [6, 6.07) is 1.77. The number of rotatable bonds is 3. The lowest BCUT2D eigenvalue weighted by Gasteiger charge is -1.96. The monoisotopic (exact) mass is 271 g/mol. The third-order valence-corrected chi connectivity index (χ3v) is 3.01. The molecule has 1 rings (SSSR count). The van der Waals surface area contributed by atoms with E-state index >= 15 is 0 Å². The minimum atomic E-state index is -3.82. The van der Waals surface area contributed by atoms with Gasteiger partial charge in [-0.2, -0.15) is 8.42 Å². The highest BCUT2D eigenvalue weighted by atomic mass is 79.9. The van der Waals surface area contributed by atoms with Gasteiger partial charge in [-0.3, -0.25) is 4.18 Å². The summed E-state index contributed by atoms with van der Waals surface area (Å²) in [6.07, 6.45) is 0. The fourth-order valence-corrected chi connectivity index (χ4v) is 2.07. The van der Waals surface area contributed by atoms with E-state index in [2.05, 4.69) is 25.3 Å². The smallest absolute Gasteiger partial charge is 0.253 e. The lowest BCUT2D eigenvalue weighted by Crippen LogP contribution is -2.15. The van der Waals surface area contributed by atoms with Gasteiger partial charge < -0.3 is 0 Å². The lowest BCUT2D eigenvalue weighted by molar-refractivity contribution is 0.309. The first kappa shape index (κ1) is 10.1. The minimum absolute atomic E-state index is 0.0130. The van der Waals surface area contributed by atoms with Crippen LogP contribution < -0.4 is 5.14 Å². The standard InChI is InChI=1S/C5H6BrNO3S2/c6-5-1-4(3-11-5)2-10-12(7,8)9/h1,3H,2H2,(H2,7,8,9). The zero-order chi connectivity index (χ0) is 9.19. The molecule has 0 radical (unpaired) electrons. The van der Waals surface area contributed by atoms with E-state index in [1.807, 2.05) is 0 Å². The Hall–Kier alpha value is 0.0500. The Morgan fingerprint density at radius 1 is 1.67 bits per heavy atom. The molecule has 0 unspecified atom stereocenters. The Kier molecular flexibility index (Phi) is 3.24. The van der Waals surface area contributed by atoms with Gasteiger partial charge in [0.1, 0.15) is 0 Å². The molecule has 4 nitrogen and oxygen atoms in total. The van der Waals surface area contributed by atoms with Crippen LogP contribution in [0, 0.1) is 0 Å². The fourth-order valence-electron chi connectivity index (χ4n) is 0.572. The van der Waals surface area contributed by atoms with Crippen LogP contribution >= 0.6 is 27.3 Å². The predicted octanol–water partition coefficient (Wildman–Crippen LogP) is 1.23. The third-order valence-electron chi connectivity index (χ3n) is 1.01. The zero-order valence-corrected chi connectivity index (χ0v) is 9.08. The van der Waals surface area contributed by atoms with Crippen LogP contribution in [0.15, 0.2) is 15.2 Å². The zero-order valence-electron chi connectivity index (χ0n) is 5.86. The van der Waals surface area contributed by atoms with Gasteiger partial charge in [0, 0.05) is 0 Å². The van der Waals surface area contributed by atoms with Gasteiger partial charge in [0.25, 0.3) is 0 Å². The third kappa shape index (κ3) is 3.63. The van der Waals surface area contributed by atoms with Crippen LogP contribution in [-0.2, 0) is 21.1 Å². The van der Waals surface area contributed by atoms with Crippen LogP contribution in [0.3, 0.4) is 0 Å². The first-order chi connectivity index (χ1) is 5.47. The van der Waals surface area contributed by atoms with Crippen molar-refractivity contribution < 1.29 is 12.6 Å². The van der Waals surface area contributed by atoms with Gasteiger partial charge in [-0.25, -0.2) is 5.14 Å². The van der Waals surface area contributed by atoms with Gasteiger partial charge in [0.05, 0.1) is 10.4 Å². The normalized spacial score (nSPS) is 11.8. The maximum Gasteiger partial charge on any atom is 0.333 e. The Labute approximate surface area is 82.7 Å². The molecule has 0 atom stereocenters. The second kappa shape index (κ2) is 3.84. The van der Waals surface area contributed by atoms with Gasteiger partial charge in [-0.1, -0.05) is 0 Å². The van der Waals surface area contributed by atoms with E-state index in [4.69, 9.17) is 0 Å². The second-order valence-electron chi connectivity index (χ2n) is 2.01. The molecule has 1 heterocycles. The average Bonchev–Trinajstić information content (AvgIpc) is 2.30. The SMILES string of the molecule is NS(=O)(=O)OCc1csc(Br)c1. The van der Waals surface area contributed by atoms with Gasteiger partial charge in [-0.05, 0) is 32.9 Å². The van der Waals surface area contributed by atoms with Gasteiger partial charge in [-0.15, -0.1) is 11.3 Å². The van der Waals surface area contributed by atoms with Crippen LogP contribution in [0.5, 0.6) is 0 Å². The summed E-state index contributed by atoms with van der Waals surface area (Å²) >= 11 is 4.69. The van der Waals surface area contributed by atoms with E-state index in [9.17, 15) is 8.42 Å². The van der Waals surface area contributed by atoms with E-state index in [-0.39, 0.29) is 6.61 Å². The molecule has 0 aliphatic heterocycles. The van der Waals surface area contributed by atoms with E-state index in [1.54, 1.807) is 11.4 Å². The molecular formula is C5H6BrNO3S2. The second-order valence-corrected chi connectivity index (χ2v) is 5.53. The van der Waals surface area contributed by atoms with Crippen LogP contribution in [-0.4, -0.2) is 8.42 Å². The van der Waals surface area contributed by atoms with Crippen LogP contribution in [0.1, 0.15) is 5.56 Å². The molecule has 2 N–H and O–H groups in total. The van der Waals surface area contributed by atoms with Crippen molar-refractivity contribution in [1.29, 1.82) is 0 Å². The molecular weight excluding hydrogens is 266 g/mol. The van der Waals surface area contributed by atoms with Gasteiger partial charge in [0.2, 0.25) is 0 Å². The van der Waals surface area contributed by atoms with Gasteiger partial charge >= 0.3 is 10.3 Å². The molecule has 0 amide bonds. The molecule has 0 aromatic carbocycles. The summed E-state index contributed by atoms with van der Waals surface area (Å²) in [4.78, 5) is 0. The van der Waals surface area contributed by atoms with E-state index in [1.165, 1.54) is 11.3 Å². The molecule has 1 aromatic heterocycles. The van der Waals surface area contributed by atoms with Crippen molar-refractivity contribution in [2.75, 3.05) is 0 Å². The predicted molar refractivity (Wildman–Crippen MR) is 49.9 cm³/mol. The highest BCUT2D eigenvalue weighted by molar-refractivity contribution is 9.11. The van der Waals surface area contributed by atoms with Crippen molar-refractivity contribution in [3.8, 4) is 0 Å². The van der Waals surface area contributed by atoms with E-state index in [0.717, 1.165) is 9.35 Å². The quantitative estimate of drug-likeness (QED) is 0.899. The Morgan fingerprint density at radius 2 is 2.33 bits per heavy atom. The molecule has 68 valence electrons. The summed E-state index contributed by atoms with van der Waals surface area (Å²) in [5.74, 6) is 0. The average molecular weight is 272 g/mol. The molecule has 0 spiro atoms. The summed E-state index contributed by atoms with van der Waals surface area (Å²) in [6.45, 7) is -0.0130. The van der Waals surface area contributed by atoms with Crippen molar-refractivity contribution in [3.05, 3.63) is 20.8 Å². The number of thiophene rings is 1. The number of hydrogen-bond acceptors (Lipinski definition) is 4. The molecule has 0 aliphatic rings. The van der Waals surface area contributed by atoms with Crippen molar-refractivity contribution in [2.45, 2.75) is 6.61 Å². The summed E-state index contributed by atoms with van der Waals surface area (Å²) in [5.41, 5.74) is 0.779. The summed E-state index contributed by atoms with van der Waals surface area (Å²) in [7, 11) is -3.82. The maximum absolute atomic E-state index is 10.4. The van der Waals surface area contributed by atoms with Crippen LogP contribution in [0.4, 0.5) is 0 Å². The molecule has 0 fully saturated rings. The highest BCUT2D eigenvalue weighted by Gasteiger charge is 2.03. The van der Waals surface area contributed by atoms with Crippen molar-refractivity contribution in [3.63, 3.8) is 0 Å². The molecule has 12 heavy (non-hydrogen) atoms. The Balaban J connectivity index is 2.55. The van der Waals surface area contributed by atoms with Gasteiger partial charge in [0.15, 0.2) is 0 Å². The Morgan fingerprint density at radius 3 is 2.75 bits per heavy atom.